The van der Waals surface area contributed by atoms with E-state index in [-0.39, 0.29) is 21.8 Å². The summed E-state index contributed by atoms with van der Waals surface area (Å²) in [6, 6.07) is 18.0. The molecule has 1 atom stereocenters. The van der Waals surface area contributed by atoms with E-state index < -0.39 is 16.8 Å². The van der Waals surface area contributed by atoms with E-state index in [0.29, 0.717) is 22.6 Å². The topological polar surface area (TPSA) is 136 Å². The molecular weight excluding hydrogens is 477 g/mol. The summed E-state index contributed by atoms with van der Waals surface area (Å²) in [6.45, 7) is 0. The Kier molecular flexibility index (Phi) is 7.33. The molecule has 0 amide bonds. The number of thioether (sulfide) groups is 1. The van der Waals surface area contributed by atoms with Gasteiger partial charge in [-0.25, -0.2) is 4.39 Å². The molecule has 0 saturated heterocycles. The van der Waals surface area contributed by atoms with Crippen LogP contribution in [0.2, 0.25) is 0 Å². The number of ether oxygens (including phenoxy) is 1. The van der Waals surface area contributed by atoms with Gasteiger partial charge < -0.3 is 14.3 Å². The number of nitrogens with one attached hydrogen (secondary N) is 1. The zero-order valence-electron chi connectivity index (χ0n) is 18.2. The number of methoxy groups -OCH3 is 1. The lowest BCUT2D eigenvalue weighted by Gasteiger charge is -2.13. The summed E-state index contributed by atoms with van der Waals surface area (Å²) >= 11 is 0.917. The van der Waals surface area contributed by atoms with Crippen molar-refractivity contribution in [3.63, 3.8) is 0 Å². The first kappa shape index (κ1) is 23.9. The minimum absolute atomic E-state index is 0.0655. The summed E-state index contributed by atoms with van der Waals surface area (Å²) in [6.07, 6.45) is -1.22. The van der Waals surface area contributed by atoms with Crippen LogP contribution < -0.4 is 10.2 Å². The van der Waals surface area contributed by atoms with Crippen molar-refractivity contribution in [2.45, 2.75) is 11.3 Å². The Morgan fingerprint density at radius 3 is 2.43 bits per heavy atom. The molecule has 0 radical (unpaired) electrons. The molecule has 0 aliphatic carbocycles. The third kappa shape index (κ3) is 5.99. The third-order valence-corrected chi connectivity index (χ3v) is 5.59. The third-order valence-electron chi connectivity index (χ3n) is 4.73. The molecule has 1 heterocycles. The molecular formula is C23H18FN5O5S. The summed E-state index contributed by atoms with van der Waals surface area (Å²) in [7, 11) is 1.56. The van der Waals surface area contributed by atoms with Crippen LogP contribution in [0.25, 0.3) is 11.5 Å². The van der Waals surface area contributed by atoms with Crippen molar-refractivity contribution in [2.75, 3.05) is 12.5 Å². The number of hydrogen-bond donors (Lipinski definition) is 2. The molecule has 0 saturated carbocycles. The maximum absolute atomic E-state index is 13.4. The van der Waals surface area contributed by atoms with Gasteiger partial charge >= 0.3 is 0 Å². The highest BCUT2D eigenvalue weighted by Crippen LogP contribution is 2.30. The molecule has 2 N–H and O–H groups in total. The number of aliphatic hydroxyl groups excluding tert-OH is 1. The van der Waals surface area contributed by atoms with Crippen molar-refractivity contribution in [3.05, 3.63) is 94.3 Å². The number of anilines is 1. The first-order valence-corrected chi connectivity index (χ1v) is 10.9. The highest BCUT2D eigenvalue weighted by Gasteiger charge is 2.21. The average Bonchev–Trinajstić information content (AvgIpc) is 3.35. The van der Waals surface area contributed by atoms with Crippen LogP contribution in [0.3, 0.4) is 0 Å². The van der Waals surface area contributed by atoms with Crippen LogP contribution in [-0.4, -0.2) is 32.4 Å². The van der Waals surface area contributed by atoms with Crippen molar-refractivity contribution >= 4 is 28.2 Å². The molecule has 0 spiro atoms. The number of nitrogens with zero attached hydrogens (tertiary/aromatic N) is 4. The van der Waals surface area contributed by atoms with Gasteiger partial charge in [0.15, 0.2) is 0 Å². The van der Waals surface area contributed by atoms with Crippen molar-refractivity contribution in [3.8, 4) is 17.2 Å². The number of aliphatic hydroxyl groups is 1. The zero-order chi connectivity index (χ0) is 24.8. The minimum atomic E-state index is -1.22. The number of halogens is 1. The van der Waals surface area contributed by atoms with E-state index in [1.54, 1.807) is 31.4 Å². The van der Waals surface area contributed by atoms with Gasteiger partial charge in [-0.1, -0.05) is 12.1 Å². The Morgan fingerprint density at radius 2 is 1.80 bits per heavy atom. The van der Waals surface area contributed by atoms with E-state index in [9.17, 15) is 19.6 Å². The lowest BCUT2D eigenvalue weighted by Crippen LogP contribution is -2.11. The first-order valence-electron chi connectivity index (χ1n) is 10.1. The maximum atomic E-state index is 13.4. The SMILES string of the molecule is COc1ccc(N/N=C(\Sc2nnc(-c3ccc([N+](=O)[O-])cc3)o2)[C@@H](O)c2ccc(F)cc2)cc1. The quantitative estimate of drug-likeness (QED) is 0.113. The Labute approximate surface area is 202 Å². The largest absolute Gasteiger partial charge is 0.497 e. The van der Waals surface area contributed by atoms with Gasteiger partial charge in [-0.05, 0) is 65.9 Å². The summed E-state index contributed by atoms with van der Waals surface area (Å²) < 4.78 is 24.2. The fourth-order valence-corrected chi connectivity index (χ4v) is 3.62. The average molecular weight is 495 g/mol. The zero-order valence-corrected chi connectivity index (χ0v) is 19.0. The second-order valence-electron chi connectivity index (χ2n) is 7.02. The number of aromatic nitrogens is 2. The van der Waals surface area contributed by atoms with E-state index in [4.69, 9.17) is 9.15 Å². The van der Waals surface area contributed by atoms with Crippen LogP contribution in [-0.2, 0) is 0 Å². The molecule has 4 aromatic rings. The van der Waals surface area contributed by atoms with Crippen LogP contribution in [0.4, 0.5) is 15.8 Å². The standard InChI is InChI=1S/C23H18FN5O5S/c1-33-19-12-8-17(9-13-19)25-27-22(20(30)14-2-6-16(24)7-3-14)35-23-28-26-21(34-23)15-4-10-18(11-5-15)29(31)32/h2-13,20,25,30H,1H3/b27-22-/t20-/m0/s1. The highest BCUT2D eigenvalue weighted by atomic mass is 32.2. The van der Waals surface area contributed by atoms with Gasteiger partial charge in [-0.3, -0.25) is 15.5 Å². The van der Waals surface area contributed by atoms with Gasteiger partial charge in [0, 0.05) is 17.7 Å². The molecule has 0 aliphatic rings. The number of nitro benzene ring substituents is 1. The number of benzene rings is 3. The van der Waals surface area contributed by atoms with E-state index in [1.165, 1.54) is 48.5 Å². The molecule has 178 valence electrons. The summed E-state index contributed by atoms with van der Waals surface area (Å²) in [5.41, 5.74) is 4.32. The van der Waals surface area contributed by atoms with Gasteiger partial charge in [0.05, 0.1) is 17.7 Å². The predicted molar refractivity (Wildman–Crippen MR) is 128 cm³/mol. The summed E-state index contributed by atoms with van der Waals surface area (Å²) in [5, 5.41) is 34.2. The van der Waals surface area contributed by atoms with Crippen molar-refractivity contribution in [1.82, 2.24) is 10.2 Å². The van der Waals surface area contributed by atoms with E-state index in [1.807, 2.05) is 0 Å². The lowest BCUT2D eigenvalue weighted by atomic mass is 10.1. The van der Waals surface area contributed by atoms with Crippen molar-refractivity contribution < 1.29 is 23.6 Å². The summed E-state index contributed by atoms with van der Waals surface area (Å²) in [4.78, 5) is 10.3. The van der Waals surface area contributed by atoms with Gasteiger partial charge in [0.1, 0.15) is 22.7 Å². The molecule has 10 nitrogen and oxygen atoms in total. The normalized spacial score (nSPS) is 12.3. The Hall–Kier alpha value is -4.29. The number of hydrazone groups is 1. The molecule has 0 unspecified atom stereocenters. The van der Waals surface area contributed by atoms with Crippen LogP contribution in [0.5, 0.6) is 5.75 Å². The van der Waals surface area contributed by atoms with Crippen LogP contribution in [0, 0.1) is 15.9 Å². The number of hydrogen-bond acceptors (Lipinski definition) is 10. The second kappa shape index (κ2) is 10.8. The van der Waals surface area contributed by atoms with Gasteiger partial charge in [-0.15, -0.1) is 10.2 Å². The van der Waals surface area contributed by atoms with Gasteiger partial charge in [-0.2, -0.15) is 5.10 Å². The molecule has 1 aromatic heterocycles. The van der Waals surface area contributed by atoms with E-state index >= 15 is 0 Å². The molecule has 35 heavy (non-hydrogen) atoms. The molecule has 3 aromatic carbocycles. The van der Waals surface area contributed by atoms with Crippen LogP contribution >= 0.6 is 11.8 Å². The molecule has 0 aliphatic heterocycles. The fraction of sp³-hybridized carbons (Fsp3) is 0.0870. The van der Waals surface area contributed by atoms with Crippen LogP contribution in [0.1, 0.15) is 11.7 Å². The Morgan fingerprint density at radius 1 is 1.11 bits per heavy atom. The van der Waals surface area contributed by atoms with Crippen LogP contribution in [0.15, 0.2) is 87.5 Å². The minimum Gasteiger partial charge on any atom is -0.497 e. The number of nitro groups is 1. The summed E-state index contributed by atoms with van der Waals surface area (Å²) in [5.74, 6) is 0.374. The monoisotopic (exact) mass is 495 g/mol. The molecule has 4 rings (SSSR count). The Bertz CT molecular complexity index is 1330. The maximum Gasteiger partial charge on any atom is 0.283 e. The van der Waals surface area contributed by atoms with Crippen molar-refractivity contribution in [1.29, 1.82) is 0 Å². The first-order chi connectivity index (χ1) is 16.9. The molecule has 12 heteroatoms. The highest BCUT2D eigenvalue weighted by molar-refractivity contribution is 8.13. The fourth-order valence-electron chi connectivity index (χ4n) is 2.90. The van der Waals surface area contributed by atoms with E-state index in [2.05, 4.69) is 20.7 Å². The van der Waals surface area contributed by atoms with Gasteiger partial charge in [0.2, 0.25) is 5.89 Å². The van der Waals surface area contributed by atoms with Gasteiger partial charge in [0.25, 0.3) is 10.9 Å². The molecule has 0 bridgehead atoms. The predicted octanol–water partition coefficient (Wildman–Crippen LogP) is 5.04. The number of non-ortho nitro benzene ring substituents is 1. The Balaban J connectivity index is 1.58. The smallest absolute Gasteiger partial charge is 0.283 e. The molecule has 0 fully saturated rings. The van der Waals surface area contributed by atoms with Crippen molar-refractivity contribution in [2.24, 2.45) is 5.10 Å². The second-order valence-corrected chi connectivity index (χ2v) is 8.00. The number of rotatable bonds is 8. The van der Waals surface area contributed by atoms with E-state index in [0.717, 1.165) is 11.8 Å². The lowest BCUT2D eigenvalue weighted by molar-refractivity contribution is -0.384.